The number of hydrogen-bond donors (Lipinski definition) is 3. The highest BCUT2D eigenvalue weighted by Gasteiger charge is 2.27. The van der Waals surface area contributed by atoms with Crippen LogP contribution < -0.4 is 11.1 Å². The molecule has 0 unspecified atom stereocenters. The Morgan fingerprint density at radius 2 is 1.90 bits per heavy atom. The van der Waals surface area contributed by atoms with Gasteiger partial charge in [-0.25, -0.2) is 4.79 Å². The second-order valence-electron chi connectivity index (χ2n) is 4.86. The Bertz CT molecular complexity index is 549. The van der Waals surface area contributed by atoms with Gasteiger partial charge in [-0.05, 0) is 25.0 Å². The molecule has 0 bridgehead atoms. The van der Waals surface area contributed by atoms with E-state index in [0.29, 0.717) is 25.9 Å². The number of hydrogen-bond acceptors (Lipinski definition) is 3. The van der Waals surface area contributed by atoms with Crippen molar-refractivity contribution in [2.75, 3.05) is 13.1 Å². The molecule has 1 aliphatic rings. The van der Waals surface area contributed by atoms with E-state index in [2.05, 4.69) is 5.32 Å². The lowest BCUT2D eigenvalue weighted by Gasteiger charge is -2.32. The van der Waals surface area contributed by atoms with Gasteiger partial charge < -0.3 is 21.1 Å². The summed E-state index contributed by atoms with van der Waals surface area (Å²) in [6.45, 7) is 0.893. The molecule has 21 heavy (non-hydrogen) atoms. The van der Waals surface area contributed by atoms with Crippen LogP contribution in [0.15, 0.2) is 12.1 Å². The summed E-state index contributed by atoms with van der Waals surface area (Å²) in [7, 11) is 0. The maximum absolute atomic E-state index is 12.4. The van der Waals surface area contributed by atoms with Crippen molar-refractivity contribution in [1.29, 1.82) is 0 Å². The summed E-state index contributed by atoms with van der Waals surface area (Å²) in [5.41, 5.74) is 5.11. The van der Waals surface area contributed by atoms with Crippen LogP contribution in [0.25, 0.3) is 0 Å². The smallest absolute Gasteiger partial charge is 0.312 e. The van der Waals surface area contributed by atoms with Gasteiger partial charge in [0, 0.05) is 24.2 Å². The molecule has 6 nitrogen and oxygen atoms in total. The first kappa shape index (κ1) is 15.7. The Hall–Kier alpha value is -1.66. The van der Waals surface area contributed by atoms with Gasteiger partial charge in [0.2, 0.25) is 0 Å². The molecule has 1 aliphatic heterocycles. The Balaban J connectivity index is 2.07. The summed E-state index contributed by atoms with van der Waals surface area (Å²) in [4.78, 5) is 24.8. The highest BCUT2D eigenvalue weighted by Crippen LogP contribution is 2.31. The predicted octanol–water partition coefficient (Wildman–Crippen LogP) is 1.97. The van der Waals surface area contributed by atoms with Gasteiger partial charge in [-0.2, -0.15) is 0 Å². The molecular weight excluding hydrogens is 317 g/mol. The standard InChI is InChI=1S/C13H15Cl2N3O3/c14-7-5-9(15)11(10(19)6-7)12(20)18-3-1-8(2-4-18)17-13(16)21/h5-6,8,19H,1-4H2,(H3,16,17,21). The maximum Gasteiger partial charge on any atom is 0.312 e. The molecule has 1 heterocycles. The van der Waals surface area contributed by atoms with Crippen molar-refractivity contribution in [3.05, 3.63) is 27.7 Å². The number of amides is 3. The summed E-state index contributed by atoms with van der Waals surface area (Å²) in [5, 5.41) is 12.8. The van der Waals surface area contributed by atoms with Gasteiger partial charge in [-0.1, -0.05) is 23.2 Å². The summed E-state index contributed by atoms with van der Waals surface area (Å²) in [6.07, 6.45) is 1.20. The molecule has 1 saturated heterocycles. The first-order valence-corrected chi connectivity index (χ1v) is 7.17. The number of phenolic OH excluding ortho intramolecular Hbond substituents is 1. The molecule has 0 saturated carbocycles. The minimum absolute atomic E-state index is 0.0409. The average molecular weight is 332 g/mol. The monoisotopic (exact) mass is 331 g/mol. The molecule has 1 aromatic carbocycles. The number of aromatic hydroxyl groups is 1. The molecule has 4 N–H and O–H groups in total. The number of carbonyl (C=O) groups excluding carboxylic acids is 2. The topological polar surface area (TPSA) is 95.7 Å². The number of carbonyl (C=O) groups is 2. The second-order valence-corrected chi connectivity index (χ2v) is 5.70. The molecule has 3 amide bonds. The van der Waals surface area contributed by atoms with Gasteiger partial charge in [0.1, 0.15) is 5.75 Å². The maximum atomic E-state index is 12.4. The Kier molecular flexibility index (Phi) is 4.80. The Morgan fingerprint density at radius 3 is 2.43 bits per heavy atom. The SMILES string of the molecule is NC(=O)NC1CCN(C(=O)c2c(O)cc(Cl)cc2Cl)CC1. The van der Waals surface area contributed by atoms with E-state index in [-0.39, 0.29) is 33.3 Å². The molecule has 1 fully saturated rings. The van der Waals surface area contributed by atoms with Gasteiger partial charge in [0.25, 0.3) is 5.91 Å². The van der Waals surface area contributed by atoms with Crippen molar-refractivity contribution >= 4 is 35.1 Å². The summed E-state index contributed by atoms with van der Waals surface area (Å²) in [5.74, 6) is -0.596. The lowest BCUT2D eigenvalue weighted by Crippen LogP contribution is -2.47. The van der Waals surface area contributed by atoms with Crippen LogP contribution in [0.2, 0.25) is 10.0 Å². The van der Waals surface area contributed by atoms with Crippen LogP contribution >= 0.6 is 23.2 Å². The molecule has 1 aromatic rings. The third-order valence-corrected chi connectivity index (χ3v) is 3.89. The van der Waals surface area contributed by atoms with Gasteiger partial charge in [0.05, 0.1) is 10.6 Å². The molecule has 0 aliphatic carbocycles. The number of nitrogens with one attached hydrogen (secondary N) is 1. The van der Waals surface area contributed by atoms with Crippen molar-refractivity contribution in [3.63, 3.8) is 0 Å². The molecule has 0 aromatic heterocycles. The summed E-state index contributed by atoms with van der Waals surface area (Å²) < 4.78 is 0. The van der Waals surface area contributed by atoms with E-state index < -0.39 is 6.03 Å². The zero-order chi connectivity index (χ0) is 15.6. The van der Waals surface area contributed by atoms with Crippen molar-refractivity contribution in [2.24, 2.45) is 5.73 Å². The summed E-state index contributed by atoms with van der Waals surface area (Å²) in [6, 6.07) is 2.08. The highest BCUT2D eigenvalue weighted by atomic mass is 35.5. The average Bonchev–Trinajstić information content (AvgIpc) is 2.37. The van der Waals surface area contributed by atoms with Crippen LogP contribution in [0.1, 0.15) is 23.2 Å². The van der Waals surface area contributed by atoms with E-state index in [9.17, 15) is 14.7 Å². The second kappa shape index (κ2) is 6.41. The Labute approximate surface area is 131 Å². The number of piperidine rings is 1. The minimum atomic E-state index is -0.571. The van der Waals surface area contributed by atoms with E-state index in [4.69, 9.17) is 28.9 Å². The van der Waals surface area contributed by atoms with Gasteiger partial charge >= 0.3 is 6.03 Å². The summed E-state index contributed by atoms with van der Waals surface area (Å²) >= 11 is 11.7. The molecule has 114 valence electrons. The lowest BCUT2D eigenvalue weighted by atomic mass is 10.0. The van der Waals surface area contributed by atoms with Crippen molar-refractivity contribution < 1.29 is 14.7 Å². The first-order chi connectivity index (χ1) is 9.88. The Morgan fingerprint density at radius 1 is 1.29 bits per heavy atom. The lowest BCUT2D eigenvalue weighted by molar-refractivity contribution is 0.0706. The van der Waals surface area contributed by atoms with Crippen LogP contribution in [-0.2, 0) is 0 Å². The van der Waals surface area contributed by atoms with E-state index in [0.717, 1.165) is 0 Å². The number of rotatable bonds is 2. The predicted molar refractivity (Wildman–Crippen MR) is 79.8 cm³/mol. The number of nitrogens with two attached hydrogens (primary N) is 1. The molecule has 8 heteroatoms. The molecule has 0 atom stereocenters. The quantitative estimate of drug-likeness (QED) is 0.773. The molecule has 0 spiro atoms. The van der Waals surface area contributed by atoms with E-state index in [1.54, 1.807) is 4.90 Å². The zero-order valence-corrected chi connectivity index (χ0v) is 12.6. The third kappa shape index (κ3) is 3.71. The van der Waals surface area contributed by atoms with E-state index in [1.165, 1.54) is 12.1 Å². The number of benzene rings is 1. The number of phenols is 1. The van der Waals surface area contributed by atoms with Gasteiger partial charge in [-0.15, -0.1) is 0 Å². The van der Waals surface area contributed by atoms with Crippen LogP contribution in [0.5, 0.6) is 5.75 Å². The van der Waals surface area contributed by atoms with Crippen LogP contribution in [0.4, 0.5) is 4.79 Å². The van der Waals surface area contributed by atoms with Crippen LogP contribution in [0, 0.1) is 0 Å². The molecule has 0 radical (unpaired) electrons. The zero-order valence-electron chi connectivity index (χ0n) is 11.1. The van der Waals surface area contributed by atoms with Gasteiger partial charge in [0.15, 0.2) is 0 Å². The highest BCUT2D eigenvalue weighted by molar-refractivity contribution is 6.37. The fourth-order valence-electron chi connectivity index (χ4n) is 2.36. The molecular formula is C13H15Cl2N3O3. The van der Waals surface area contributed by atoms with Crippen LogP contribution in [0.3, 0.4) is 0 Å². The number of halogens is 2. The molecule has 2 rings (SSSR count). The number of primary amides is 1. The fraction of sp³-hybridized carbons (Fsp3) is 0.385. The largest absolute Gasteiger partial charge is 0.507 e. The first-order valence-electron chi connectivity index (χ1n) is 6.41. The van der Waals surface area contributed by atoms with E-state index >= 15 is 0 Å². The van der Waals surface area contributed by atoms with Gasteiger partial charge in [-0.3, -0.25) is 4.79 Å². The number of urea groups is 1. The van der Waals surface area contributed by atoms with Crippen molar-refractivity contribution in [1.82, 2.24) is 10.2 Å². The van der Waals surface area contributed by atoms with Crippen LogP contribution in [-0.4, -0.2) is 41.1 Å². The normalized spacial score (nSPS) is 15.8. The number of nitrogens with zero attached hydrogens (tertiary/aromatic N) is 1. The third-order valence-electron chi connectivity index (χ3n) is 3.38. The van der Waals surface area contributed by atoms with Crippen molar-refractivity contribution in [3.8, 4) is 5.75 Å². The number of likely N-dealkylation sites (tertiary alicyclic amines) is 1. The van der Waals surface area contributed by atoms with E-state index in [1.807, 2.05) is 0 Å². The fourth-order valence-corrected chi connectivity index (χ4v) is 2.92. The minimum Gasteiger partial charge on any atom is -0.507 e. The van der Waals surface area contributed by atoms with Crippen molar-refractivity contribution in [2.45, 2.75) is 18.9 Å².